The third kappa shape index (κ3) is 4.11. The van der Waals surface area contributed by atoms with E-state index in [2.05, 4.69) is 27.4 Å². The number of hydrogen-bond acceptors (Lipinski definition) is 6. The van der Waals surface area contributed by atoms with Gasteiger partial charge >= 0.3 is 0 Å². The molecule has 1 aliphatic rings. The molecule has 2 aromatic heterocycles. The maximum absolute atomic E-state index is 14.5. The molecular formula is C24H24ClFN6O2. The van der Waals surface area contributed by atoms with Gasteiger partial charge in [0.2, 0.25) is 0 Å². The Morgan fingerprint density at radius 3 is 2.85 bits per heavy atom. The van der Waals surface area contributed by atoms with Gasteiger partial charge in [-0.1, -0.05) is 18.5 Å². The molecule has 176 valence electrons. The largest absolute Gasteiger partial charge is 0.424 e. The topological polar surface area (TPSA) is 89.1 Å². The Kier molecular flexibility index (Phi) is 5.95. The zero-order valence-electron chi connectivity index (χ0n) is 18.8. The second-order valence-electron chi connectivity index (χ2n) is 8.58. The van der Waals surface area contributed by atoms with Crippen molar-refractivity contribution in [2.45, 2.75) is 32.7 Å². The van der Waals surface area contributed by atoms with Crippen LogP contribution in [0.1, 0.15) is 35.7 Å². The van der Waals surface area contributed by atoms with Gasteiger partial charge in [-0.15, -0.1) is 0 Å². The highest BCUT2D eigenvalue weighted by Crippen LogP contribution is 2.30. The van der Waals surface area contributed by atoms with E-state index < -0.39 is 5.82 Å². The summed E-state index contributed by atoms with van der Waals surface area (Å²) in [6.45, 7) is 4.74. The van der Waals surface area contributed by atoms with Gasteiger partial charge in [0.05, 0.1) is 29.7 Å². The smallest absolute Gasteiger partial charge is 0.295 e. The Hall–Kier alpha value is -3.46. The summed E-state index contributed by atoms with van der Waals surface area (Å²) in [5.41, 5.74) is 2.29. The molecule has 1 amide bonds. The van der Waals surface area contributed by atoms with E-state index >= 15 is 0 Å². The number of likely N-dealkylation sites (tertiary alicyclic amines) is 1. The minimum Gasteiger partial charge on any atom is -0.424 e. The molecule has 2 aromatic carbocycles. The molecule has 8 nitrogen and oxygen atoms in total. The quantitative estimate of drug-likeness (QED) is 0.437. The van der Waals surface area contributed by atoms with Gasteiger partial charge in [-0.3, -0.25) is 4.79 Å². The van der Waals surface area contributed by atoms with Crippen LogP contribution in [0.3, 0.4) is 0 Å². The van der Waals surface area contributed by atoms with Crippen LogP contribution < -0.4 is 5.32 Å². The number of carbonyl (C=O) groups excluding carboxylic acids is 1. The van der Waals surface area contributed by atoms with Gasteiger partial charge in [-0.2, -0.15) is 20.0 Å². The monoisotopic (exact) mass is 482 g/mol. The van der Waals surface area contributed by atoms with Crippen molar-refractivity contribution in [3.8, 4) is 5.69 Å². The van der Waals surface area contributed by atoms with Crippen molar-refractivity contribution in [1.82, 2.24) is 24.9 Å². The van der Waals surface area contributed by atoms with Crippen LogP contribution in [-0.2, 0) is 0 Å². The number of piperidine rings is 1. The molecule has 0 radical (unpaired) electrons. The van der Waals surface area contributed by atoms with E-state index in [-0.39, 0.29) is 29.0 Å². The Bertz CT molecular complexity index is 1340. The first-order valence-corrected chi connectivity index (χ1v) is 11.6. The third-order valence-corrected chi connectivity index (χ3v) is 6.65. The molecule has 1 aliphatic heterocycles. The summed E-state index contributed by atoms with van der Waals surface area (Å²) < 4.78 is 20.3. The van der Waals surface area contributed by atoms with Crippen LogP contribution in [0.4, 0.5) is 10.4 Å². The lowest BCUT2D eigenvalue weighted by Gasteiger charge is -2.40. The SMILES string of the molecule is Cc1c(F)ccc(-n2nccn2)c1C(=O)N1CCC[C@@H](C)[C@H]1CNc1nc2cc(Cl)ccc2o1. The van der Waals surface area contributed by atoms with Crippen molar-refractivity contribution in [3.05, 3.63) is 64.7 Å². The average molecular weight is 483 g/mol. The number of carbonyl (C=O) groups is 1. The Morgan fingerprint density at radius 1 is 1.26 bits per heavy atom. The second-order valence-corrected chi connectivity index (χ2v) is 9.02. The fourth-order valence-electron chi connectivity index (χ4n) is 4.57. The van der Waals surface area contributed by atoms with E-state index in [0.717, 1.165) is 12.8 Å². The van der Waals surface area contributed by atoms with Crippen LogP contribution in [0.25, 0.3) is 16.8 Å². The number of halogens is 2. The normalized spacial score (nSPS) is 18.4. The molecule has 0 aliphatic carbocycles. The van der Waals surface area contributed by atoms with Gasteiger partial charge in [-0.05, 0) is 61.6 Å². The number of oxazole rings is 1. The van der Waals surface area contributed by atoms with Crippen LogP contribution in [0.2, 0.25) is 5.02 Å². The molecule has 0 saturated carbocycles. The van der Waals surface area contributed by atoms with E-state index in [1.54, 1.807) is 31.2 Å². The molecule has 0 bridgehead atoms. The highest BCUT2D eigenvalue weighted by atomic mass is 35.5. The summed E-state index contributed by atoms with van der Waals surface area (Å²) >= 11 is 6.05. The lowest BCUT2D eigenvalue weighted by atomic mass is 9.89. The lowest BCUT2D eigenvalue weighted by molar-refractivity contribution is 0.0537. The summed E-state index contributed by atoms with van der Waals surface area (Å²) in [7, 11) is 0. The van der Waals surface area contributed by atoms with Crippen LogP contribution in [0.5, 0.6) is 0 Å². The van der Waals surface area contributed by atoms with E-state index in [0.29, 0.717) is 40.9 Å². The zero-order valence-corrected chi connectivity index (χ0v) is 19.6. The van der Waals surface area contributed by atoms with Crippen LogP contribution in [0.15, 0.2) is 47.1 Å². The van der Waals surface area contributed by atoms with Gasteiger partial charge in [-0.25, -0.2) is 4.39 Å². The molecular weight excluding hydrogens is 459 g/mol. The highest BCUT2D eigenvalue weighted by Gasteiger charge is 2.35. The van der Waals surface area contributed by atoms with E-state index in [4.69, 9.17) is 16.0 Å². The van der Waals surface area contributed by atoms with Gasteiger partial charge < -0.3 is 14.6 Å². The fourth-order valence-corrected chi connectivity index (χ4v) is 4.74. The van der Waals surface area contributed by atoms with Crippen molar-refractivity contribution in [1.29, 1.82) is 0 Å². The minimum atomic E-state index is -0.441. The number of benzene rings is 2. The number of aromatic nitrogens is 4. The maximum atomic E-state index is 14.5. The first-order chi connectivity index (χ1) is 16.4. The molecule has 1 fully saturated rings. The summed E-state index contributed by atoms with van der Waals surface area (Å²) in [5.74, 6) is -0.458. The molecule has 10 heteroatoms. The molecule has 34 heavy (non-hydrogen) atoms. The summed E-state index contributed by atoms with van der Waals surface area (Å²) in [6.07, 6.45) is 4.90. The average Bonchev–Trinajstić information content (AvgIpc) is 3.49. The Labute approximate surface area is 200 Å². The number of amides is 1. The van der Waals surface area contributed by atoms with E-state index in [1.165, 1.54) is 23.3 Å². The minimum absolute atomic E-state index is 0.138. The van der Waals surface area contributed by atoms with Crippen molar-refractivity contribution in [2.24, 2.45) is 5.92 Å². The molecule has 1 N–H and O–H groups in total. The van der Waals surface area contributed by atoms with Crippen LogP contribution in [0, 0.1) is 18.7 Å². The van der Waals surface area contributed by atoms with Crippen molar-refractivity contribution < 1.29 is 13.6 Å². The number of nitrogens with zero attached hydrogens (tertiary/aromatic N) is 5. The van der Waals surface area contributed by atoms with E-state index in [1.807, 2.05) is 4.90 Å². The molecule has 1 saturated heterocycles. The molecule has 2 atom stereocenters. The highest BCUT2D eigenvalue weighted by molar-refractivity contribution is 6.31. The van der Waals surface area contributed by atoms with Crippen molar-refractivity contribution in [3.63, 3.8) is 0 Å². The van der Waals surface area contributed by atoms with Crippen LogP contribution >= 0.6 is 11.6 Å². The van der Waals surface area contributed by atoms with Crippen molar-refractivity contribution >= 4 is 34.6 Å². The standard InChI is InChI=1S/C24H24ClFN6O2/c1-14-4-3-11-31(20(14)13-27-24-30-18-12-16(25)5-8-21(18)34-24)23(33)22-15(2)17(26)6-7-19(22)32-28-9-10-29-32/h5-10,12,14,20H,3-4,11,13H2,1-2H3,(H,27,30)/t14-,20-/m1/s1. The van der Waals surface area contributed by atoms with Gasteiger partial charge in [0.25, 0.3) is 11.9 Å². The molecule has 5 rings (SSSR count). The molecule has 0 unspecified atom stereocenters. The Morgan fingerprint density at radius 2 is 2.06 bits per heavy atom. The van der Waals surface area contributed by atoms with Gasteiger partial charge in [0.1, 0.15) is 11.3 Å². The van der Waals surface area contributed by atoms with Crippen molar-refractivity contribution in [2.75, 3.05) is 18.4 Å². The number of fused-ring (bicyclic) bond motifs is 1. The van der Waals surface area contributed by atoms with Gasteiger partial charge in [0, 0.05) is 18.1 Å². The zero-order chi connectivity index (χ0) is 23.8. The predicted octanol–water partition coefficient (Wildman–Crippen LogP) is 4.86. The molecule has 0 spiro atoms. The summed E-state index contributed by atoms with van der Waals surface area (Å²) in [5, 5.41) is 12.1. The maximum Gasteiger partial charge on any atom is 0.295 e. The fraction of sp³-hybridized carbons (Fsp3) is 0.333. The van der Waals surface area contributed by atoms with E-state index in [9.17, 15) is 9.18 Å². The first kappa shape index (κ1) is 22.3. The second kappa shape index (κ2) is 9.06. The first-order valence-electron chi connectivity index (χ1n) is 11.2. The number of anilines is 1. The molecule has 4 aromatic rings. The molecule has 3 heterocycles. The van der Waals surface area contributed by atoms with Gasteiger partial charge in [0.15, 0.2) is 5.58 Å². The lowest BCUT2D eigenvalue weighted by Crippen LogP contribution is -2.51. The predicted molar refractivity (Wildman–Crippen MR) is 127 cm³/mol. The Balaban J connectivity index is 1.44. The number of rotatable bonds is 5. The summed E-state index contributed by atoms with van der Waals surface area (Å²) in [6, 6.07) is 8.36. The third-order valence-electron chi connectivity index (χ3n) is 6.41. The summed E-state index contributed by atoms with van der Waals surface area (Å²) in [4.78, 5) is 21.5. The van der Waals surface area contributed by atoms with Crippen LogP contribution in [-0.4, -0.2) is 49.9 Å². The number of nitrogens with one attached hydrogen (secondary N) is 1. The number of hydrogen-bond donors (Lipinski definition) is 1.